The Hall–Kier alpha value is -2.34. The monoisotopic (exact) mass is 257 g/mol. The SMILES string of the molecule is Cn1c(-c2ccc3[nH]c(=O)[nH]c3c2)cnc1CCN. The van der Waals surface area contributed by atoms with Crippen molar-refractivity contribution in [3.8, 4) is 11.3 Å². The summed E-state index contributed by atoms with van der Waals surface area (Å²) in [6.07, 6.45) is 2.58. The molecule has 1 aromatic carbocycles. The lowest BCUT2D eigenvalue weighted by atomic mass is 10.1. The molecule has 2 heterocycles. The molecule has 0 radical (unpaired) electrons. The second kappa shape index (κ2) is 4.40. The van der Waals surface area contributed by atoms with E-state index in [9.17, 15) is 4.79 Å². The standard InChI is InChI=1S/C13H15N5O/c1-18-11(7-15-12(18)4-5-14)8-2-3-9-10(6-8)17-13(19)16-9/h2-3,6-7H,4-5,14H2,1H3,(H2,16,17,19). The Balaban J connectivity index is 2.10. The first kappa shape index (κ1) is 11.7. The Morgan fingerprint density at radius 2 is 2.11 bits per heavy atom. The van der Waals surface area contributed by atoms with Crippen LogP contribution in [0.5, 0.6) is 0 Å². The Bertz CT molecular complexity index is 780. The molecule has 3 rings (SSSR count). The number of nitrogens with one attached hydrogen (secondary N) is 2. The molecule has 0 saturated carbocycles. The lowest BCUT2D eigenvalue weighted by molar-refractivity contribution is 0.782. The maximum Gasteiger partial charge on any atom is 0.323 e. The van der Waals surface area contributed by atoms with Gasteiger partial charge < -0.3 is 20.3 Å². The summed E-state index contributed by atoms with van der Waals surface area (Å²) in [7, 11) is 1.97. The molecule has 2 aromatic heterocycles. The van der Waals surface area contributed by atoms with E-state index in [2.05, 4.69) is 15.0 Å². The van der Waals surface area contributed by atoms with Gasteiger partial charge in [0.2, 0.25) is 0 Å². The lowest BCUT2D eigenvalue weighted by Gasteiger charge is -2.05. The number of hydrogen-bond donors (Lipinski definition) is 3. The normalized spacial score (nSPS) is 11.3. The van der Waals surface area contributed by atoms with E-state index in [0.717, 1.165) is 34.5 Å². The van der Waals surface area contributed by atoms with Crippen LogP contribution in [0.15, 0.2) is 29.2 Å². The summed E-state index contributed by atoms with van der Waals surface area (Å²) in [6, 6.07) is 5.80. The van der Waals surface area contributed by atoms with Gasteiger partial charge in [-0.25, -0.2) is 9.78 Å². The van der Waals surface area contributed by atoms with E-state index in [1.165, 1.54) is 0 Å². The molecule has 19 heavy (non-hydrogen) atoms. The smallest absolute Gasteiger partial charge is 0.323 e. The van der Waals surface area contributed by atoms with Gasteiger partial charge in [0.1, 0.15) is 5.82 Å². The molecule has 0 aliphatic heterocycles. The van der Waals surface area contributed by atoms with Crippen LogP contribution in [0.3, 0.4) is 0 Å². The van der Waals surface area contributed by atoms with Gasteiger partial charge in [0.15, 0.2) is 0 Å². The van der Waals surface area contributed by atoms with Gasteiger partial charge >= 0.3 is 5.69 Å². The number of rotatable bonds is 3. The predicted molar refractivity (Wildman–Crippen MR) is 73.9 cm³/mol. The highest BCUT2D eigenvalue weighted by atomic mass is 16.1. The zero-order valence-electron chi connectivity index (χ0n) is 10.6. The van der Waals surface area contributed by atoms with Crippen LogP contribution in [0.4, 0.5) is 0 Å². The Labute approximate surface area is 109 Å². The highest BCUT2D eigenvalue weighted by Gasteiger charge is 2.09. The first-order valence-electron chi connectivity index (χ1n) is 6.12. The van der Waals surface area contributed by atoms with Gasteiger partial charge in [0.05, 0.1) is 22.9 Å². The van der Waals surface area contributed by atoms with Crippen LogP contribution in [0.25, 0.3) is 22.3 Å². The van der Waals surface area contributed by atoms with E-state index in [4.69, 9.17) is 5.73 Å². The number of benzene rings is 1. The van der Waals surface area contributed by atoms with E-state index in [1.807, 2.05) is 36.0 Å². The fourth-order valence-corrected chi connectivity index (χ4v) is 2.27. The second-order valence-corrected chi connectivity index (χ2v) is 4.50. The van der Waals surface area contributed by atoms with Crippen molar-refractivity contribution >= 4 is 11.0 Å². The van der Waals surface area contributed by atoms with Gasteiger partial charge in [-0.3, -0.25) is 0 Å². The first-order valence-corrected chi connectivity index (χ1v) is 6.12. The Morgan fingerprint density at radius 1 is 1.32 bits per heavy atom. The first-order chi connectivity index (χ1) is 9.19. The van der Waals surface area contributed by atoms with Crippen molar-refractivity contribution in [1.82, 2.24) is 19.5 Å². The molecule has 0 atom stereocenters. The molecule has 6 heteroatoms. The highest BCUT2D eigenvalue weighted by molar-refractivity contribution is 5.80. The molecule has 0 amide bonds. The number of aromatic nitrogens is 4. The van der Waals surface area contributed by atoms with Crippen LogP contribution in [0, 0.1) is 0 Å². The fraction of sp³-hybridized carbons (Fsp3) is 0.231. The van der Waals surface area contributed by atoms with Crippen LogP contribution in [-0.4, -0.2) is 26.1 Å². The molecular weight excluding hydrogens is 242 g/mol. The van der Waals surface area contributed by atoms with Crippen molar-refractivity contribution in [2.24, 2.45) is 12.8 Å². The summed E-state index contributed by atoms with van der Waals surface area (Å²) in [5.74, 6) is 0.958. The number of fused-ring (bicyclic) bond motifs is 1. The van der Waals surface area contributed by atoms with Crippen molar-refractivity contribution in [3.05, 3.63) is 40.7 Å². The molecule has 0 aliphatic rings. The molecule has 0 unspecified atom stereocenters. The second-order valence-electron chi connectivity index (χ2n) is 4.50. The summed E-state index contributed by atoms with van der Waals surface area (Å²) in [4.78, 5) is 21.1. The minimum Gasteiger partial charge on any atom is -0.331 e. The van der Waals surface area contributed by atoms with E-state index < -0.39 is 0 Å². The van der Waals surface area contributed by atoms with Crippen molar-refractivity contribution in [3.63, 3.8) is 0 Å². The van der Waals surface area contributed by atoms with Crippen molar-refractivity contribution in [1.29, 1.82) is 0 Å². The summed E-state index contributed by atoms with van der Waals surface area (Å²) < 4.78 is 2.03. The molecule has 4 N–H and O–H groups in total. The van der Waals surface area contributed by atoms with Crippen LogP contribution in [0.2, 0.25) is 0 Å². The Morgan fingerprint density at radius 3 is 2.89 bits per heavy atom. The summed E-state index contributed by atoms with van der Waals surface area (Å²) in [6.45, 7) is 0.578. The zero-order valence-corrected chi connectivity index (χ0v) is 10.6. The summed E-state index contributed by atoms with van der Waals surface area (Å²) in [5.41, 5.74) is 8.98. The average Bonchev–Trinajstić information content (AvgIpc) is 2.92. The van der Waals surface area contributed by atoms with Crippen LogP contribution >= 0.6 is 0 Å². The van der Waals surface area contributed by atoms with Crippen molar-refractivity contribution < 1.29 is 0 Å². The number of imidazole rings is 2. The number of hydrogen-bond acceptors (Lipinski definition) is 3. The molecule has 6 nitrogen and oxygen atoms in total. The van der Waals surface area contributed by atoms with Gasteiger partial charge in [0, 0.05) is 19.0 Å². The van der Waals surface area contributed by atoms with Gasteiger partial charge in [-0.15, -0.1) is 0 Å². The zero-order chi connectivity index (χ0) is 13.4. The Kier molecular flexibility index (Phi) is 2.72. The molecule has 0 bridgehead atoms. The lowest BCUT2D eigenvalue weighted by Crippen LogP contribution is -2.08. The summed E-state index contributed by atoms with van der Waals surface area (Å²) >= 11 is 0. The number of nitrogens with two attached hydrogens (primary N) is 1. The maximum atomic E-state index is 11.3. The average molecular weight is 257 g/mol. The number of H-pyrrole nitrogens is 2. The molecule has 98 valence electrons. The predicted octanol–water partition coefficient (Wildman–Crippen LogP) is 0.758. The number of nitrogens with zero attached hydrogens (tertiary/aromatic N) is 2. The largest absolute Gasteiger partial charge is 0.331 e. The molecule has 0 aliphatic carbocycles. The fourth-order valence-electron chi connectivity index (χ4n) is 2.27. The third-order valence-corrected chi connectivity index (χ3v) is 3.26. The molecule has 0 saturated heterocycles. The molecule has 3 aromatic rings. The molecular formula is C13H15N5O. The van der Waals surface area contributed by atoms with Gasteiger partial charge in [-0.05, 0) is 18.7 Å². The molecule has 0 fully saturated rings. The van der Waals surface area contributed by atoms with Crippen molar-refractivity contribution in [2.45, 2.75) is 6.42 Å². The van der Waals surface area contributed by atoms with Gasteiger partial charge in [-0.2, -0.15) is 0 Å². The minimum absolute atomic E-state index is 0.194. The quantitative estimate of drug-likeness (QED) is 0.646. The third-order valence-electron chi connectivity index (χ3n) is 3.26. The van der Waals surface area contributed by atoms with E-state index in [-0.39, 0.29) is 5.69 Å². The topological polar surface area (TPSA) is 92.5 Å². The van der Waals surface area contributed by atoms with Crippen LogP contribution < -0.4 is 11.4 Å². The van der Waals surface area contributed by atoms with Gasteiger partial charge in [-0.1, -0.05) is 6.07 Å². The minimum atomic E-state index is -0.194. The highest BCUT2D eigenvalue weighted by Crippen LogP contribution is 2.22. The molecule has 0 spiro atoms. The van der Waals surface area contributed by atoms with Crippen molar-refractivity contribution in [2.75, 3.05) is 6.54 Å². The van der Waals surface area contributed by atoms with Crippen LogP contribution in [0.1, 0.15) is 5.82 Å². The summed E-state index contributed by atoms with van der Waals surface area (Å²) in [5, 5.41) is 0. The van der Waals surface area contributed by atoms with Gasteiger partial charge in [0.25, 0.3) is 0 Å². The van der Waals surface area contributed by atoms with Crippen LogP contribution in [-0.2, 0) is 13.5 Å². The van der Waals surface area contributed by atoms with E-state index in [0.29, 0.717) is 6.54 Å². The maximum absolute atomic E-state index is 11.3. The van der Waals surface area contributed by atoms with E-state index >= 15 is 0 Å². The third kappa shape index (κ3) is 1.96. The van der Waals surface area contributed by atoms with E-state index in [1.54, 1.807) is 0 Å². The number of aromatic amines is 2.